The number of hydrogen-bond acceptors (Lipinski definition) is 5. The molecule has 0 radical (unpaired) electrons. The topological polar surface area (TPSA) is 86.5 Å². The highest BCUT2D eigenvalue weighted by Crippen LogP contribution is 2.23. The van der Waals surface area contributed by atoms with Gasteiger partial charge in [0.25, 0.3) is 0 Å². The van der Waals surface area contributed by atoms with Crippen molar-refractivity contribution in [2.24, 2.45) is 5.73 Å². The summed E-state index contributed by atoms with van der Waals surface area (Å²) in [6.45, 7) is 6.21. The Balaban J connectivity index is 1.56. The lowest BCUT2D eigenvalue weighted by Gasteiger charge is -2.18. The summed E-state index contributed by atoms with van der Waals surface area (Å²) >= 11 is 0. The number of hydrogen-bond donors (Lipinski definition) is 2. The molecule has 154 valence electrons. The first-order valence-corrected chi connectivity index (χ1v) is 10.2. The van der Waals surface area contributed by atoms with Crippen LogP contribution in [-0.4, -0.2) is 36.8 Å². The summed E-state index contributed by atoms with van der Waals surface area (Å²) in [6.07, 6.45) is 3.58. The van der Waals surface area contributed by atoms with Gasteiger partial charge >= 0.3 is 7.12 Å². The van der Waals surface area contributed by atoms with Crippen molar-refractivity contribution in [2.75, 3.05) is 11.9 Å². The summed E-state index contributed by atoms with van der Waals surface area (Å²) in [4.78, 5) is 17.2. The summed E-state index contributed by atoms with van der Waals surface area (Å²) in [5, 5.41) is 5.04. The predicted molar refractivity (Wildman–Crippen MR) is 120 cm³/mol. The zero-order valence-electron chi connectivity index (χ0n) is 17.5. The molecule has 1 aromatic heterocycles. The number of benzene rings is 2. The smallest absolute Gasteiger partial charge is 0.402 e. The second kappa shape index (κ2) is 8.56. The minimum absolute atomic E-state index is 0.0229. The highest BCUT2D eigenvalue weighted by Gasteiger charge is 2.37. The molecule has 7 heteroatoms. The second-order valence-electron chi connectivity index (χ2n) is 7.85. The quantitative estimate of drug-likeness (QED) is 0.640. The number of amides is 1. The van der Waals surface area contributed by atoms with E-state index >= 15 is 0 Å². The van der Waals surface area contributed by atoms with Crippen LogP contribution in [0.3, 0.4) is 0 Å². The van der Waals surface area contributed by atoms with E-state index in [-0.39, 0.29) is 24.7 Å². The number of rotatable bonds is 5. The molecule has 4 rings (SSSR count). The van der Waals surface area contributed by atoms with E-state index in [2.05, 4.69) is 10.3 Å². The Hall–Kier alpha value is -2.74. The van der Waals surface area contributed by atoms with Crippen LogP contribution in [0, 0.1) is 6.92 Å². The van der Waals surface area contributed by atoms with E-state index in [0.717, 1.165) is 33.0 Å². The van der Waals surface area contributed by atoms with E-state index < -0.39 is 13.0 Å². The molecule has 0 aliphatic carbocycles. The van der Waals surface area contributed by atoms with Crippen molar-refractivity contribution in [1.29, 1.82) is 0 Å². The van der Waals surface area contributed by atoms with Gasteiger partial charge in [-0.25, -0.2) is 0 Å². The zero-order valence-corrected chi connectivity index (χ0v) is 17.5. The number of nitrogens with one attached hydrogen (secondary N) is 1. The molecule has 1 fully saturated rings. The minimum atomic E-state index is -0.478. The van der Waals surface area contributed by atoms with Crippen molar-refractivity contribution in [2.45, 2.75) is 38.9 Å². The molecule has 1 amide bonds. The first kappa shape index (κ1) is 20.5. The number of carbonyl (C=O) groups excluding carboxylic acids is 1. The van der Waals surface area contributed by atoms with Crippen LogP contribution in [0.5, 0.6) is 0 Å². The zero-order chi connectivity index (χ0) is 21.3. The Kier molecular flexibility index (Phi) is 5.86. The lowest BCUT2D eigenvalue weighted by Crippen LogP contribution is -2.36. The molecule has 3 aromatic rings. The highest BCUT2D eigenvalue weighted by atomic mass is 16.7. The van der Waals surface area contributed by atoms with E-state index in [9.17, 15) is 4.79 Å². The number of carbonyl (C=O) groups is 1. The Bertz CT molecular complexity index is 1060. The van der Waals surface area contributed by atoms with Gasteiger partial charge in [0.2, 0.25) is 5.91 Å². The molecule has 3 N–H and O–H groups in total. The van der Waals surface area contributed by atoms with E-state index in [1.54, 1.807) is 12.4 Å². The van der Waals surface area contributed by atoms with Crippen molar-refractivity contribution in [1.82, 2.24) is 4.98 Å². The molecule has 1 saturated heterocycles. The maximum Gasteiger partial charge on any atom is 0.494 e. The van der Waals surface area contributed by atoms with Crippen LogP contribution in [0.1, 0.15) is 30.9 Å². The van der Waals surface area contributed by atoms with Gasteiger partial charge < -0.3 is 20.4 Å². The third-order valence-corrected chi connectivity index (χ3v) is 5.76. The molecule has 2 aromatic carbocycles. The van der Waals surface area contributed by atoms with Gasteiger partial charge in [-0.2, -0.15) is 0 Å². The average Bonchev–Trinajstić information content (AvgIpc) is 3.07. The van der Waals surface area contributed by atoms with E-state index in [1.807, 2.05) is 63.2 Å². The Morgan fingerprint density at radius 2 is 1.90 bits per heavy atom. The number of pyridine rings is 1. The molecule has 3 unspecified atom stereocenters. The van der Waals surface area contributed by atoms with Crippen molar-refractivity contribution in [3.63, 3.8) is 0 Å². The Morgan fingerprint density at radius 3 is 2.63 bits per heavy atom. The van der Waals surface area contributed by atoms with E-state index in [4.69, 9.17) is 15.0 Å². The van der Waals surface area contributed by atoms with E-state index in [1.165, 1.54) is 0 Å². The van der Waals surface area contributed by atoms with Crippen LogP contribution >= 0.6 is 0 Å². The fourth-order valence-corrected chi connectivity index (χ4v) is 3.70. The fourth-order valence-electron chi connectivity index (χ4n) is 3.70. The van der Waals surface area contributed by atoms with Crippen molar-refractivity contribution >= 4 is 34.9 Å². The van der Waals surface area contributed by atoms with Crippen molar-refractivity contribution in [3.8, 4) is 0 Å². The molecular weight excluding hydrogens is 377 g/mol. The molecule has 30 heavy (non-hydrogen) atoms. The summed E-state index contributed by atoms with van der Waals surface area (Å²) in [5.74, 6) is -0.621. The van der Waals surface area contributed by atoms with Gasteiger partial charge in [0.05, 0.1) is 18.1 Å². The van der Waals surface area contributed by atoms with Gasteiger partial charge in [0, 0.05) is 30.0 Å². The standard InChI is InChI=1S/C23H26BN3O3/c1-14-4-5-18(11-22(14)24-29-15(2)16(3)30-24)21(12-25)23(28)27-20-7-6-19-13-26-9-8-17(19)10-20/h4-11,13,15-16,21H,12,25H2,1-3H3,(H,27,28). The van der Waals surface area contributed by atoms with Crippen LogP contribution in [0.2, 0.25) is 0 Å². The molecule has 1 aliphatic heterocycles. The van der Waals surface area contributed by atoms with Crippen LogP contribution in [0.25, 0.3) is 10.8 Å². The molecule has 0 bridgehead atoms. The van der Waals surface area contributed by atoms with Gasteiger partial charge in [-0.1, -0.05) is 29.8 Å². The van der Waals surface area contributed by atoms with Crippen LogP contribution in [-0.2, 0) is 14.1 Å². The Labute approximate surface area is 176 Å². The van der Waals surface area contributed by atoms with Crippen molar-refractivity contribution in [3.05, 3.63) is 66.0 Å². The number of nitrogens with two attached hydrogens (primary N) is 1. The predicted octanol–water partition coefficient (Wildman–Crippen LogP) is 2.74. The SMILES string of the molecule is Cc1ccc(C(CN)C(=O)Nc2ccc3cnccc3c2)cc1B1OC(C)C(C)O1. The molecule has 3 atom stereocenters. The average molecular weight is 403 g/mol. The van der Waals surface area contributed by atoms with Crippen LogP contribution < -0.4 is 16.5 Å². The number of nitrogens with zero attached hydrogens (tertiary/aromatic N) is 1. The van der Waals surface area contributed by atoms with Gasteiger partial charge in [0.1, 0.15) is 0 Å². The third-order valence-electron chi connectivity index (χ3n) is 5.76. The molecule has 2 heterocycles. The lowest BCUT2D eigenvalue weighted by atomic mass is 9.74. The van der Waals surface area contributed by atoms with Crippen LogP contribution in [0.15, 0.2) is 54.9 Å². The molecular formula is C23H26BN3O3. The third kappa shape index (κ3) is 4.10. The minimum Gasteiger partial charge on any atom is -0.402 e. The molecule has 1 aliphatic rings. The van der Waals surface area contributed by atoms with Gasteiger partial charge in [-0.3, -0.25) is 9.78 Å². The van der Waals surface area contributed by atoms with Gasteiger partial charge in [-0.15, -0.1) is 0 Å². The first-order chi connectivity index (χ1) is 14.5. The van der Waals surface area contributed by atoms with Gasteiger partial charge in [-0.05, 0) is 55.4 Å². The summed E-state index contributed by atoms with van der Waals surface area (Å²) < 4.78 is 11.9. The van der Waals surface area contributed by atoms with Crippen LogP contribution in [0.4, 0.5) is 5.69 Å². The Morgan fingerprint density at radius 1 is 1.13 bits per heavy atom. The molecule has 0 saturated carbocycles. The number of fused-ring (bicyclic) bond motifs is 1. The molecule has 6 nitrogen and oxygen atoms in total. The number of anilines is 1. The highest BCUT2D eigenvalue weighted by molar-refractivity contribution is 6.62. The summed E-state index contributed by atoms with van der Waals surface area (Å²) in [5.41, 5.74) is 9.58. The lowest BCUT2D eigenvalue weighted by molar-refractivity contribution is -0.117. The summed E-state index contributed by atoms with van der Waals surface area (Å²) in [6, 6.07) is 13.6. The number of aromatic nitrogens is 1. The van der Waals surface area contributed by atoms with Gasteiger partial charge in [0.15, 0.2) is 0 Å². The monoisotopic (exact) mass is 403 g/mol. The first-order valence-electron chi connectivity index (χ1n) is 10.2. The normalized spacial score (nSPS) is 19.8. The molecule has 0 spiro atoms. The second-order valence-corrected chi connectivity index (χ2v) is 7.85. The maximum absolute atomic E-state index is 13.0. The fraction of sp³-hybridized carbons (Fsp3) is 0.304. The summed E-state index contributed by atoms with van der Waals surface area (Å²) in [7, 11) is -0.425. The number of aryl methyl sites for hydroxylation is 1. The largest absolute Gasteiger partial charge is 0.494 e. The van der Waals surface area contributed by atoms with Crippen molar-refractivity contribution < 1.29 is 14.1 Å². The van der Waals surface area contributed by atoms with E-state index in [0.29, 0.717) is 0 Å². The maximum atomic E-state index is 13.0.